The van der Waals surface area contributed by atoms with Crippen molar-refractivity contribution >= 4 is 0 Å². The fourth-order valence-electron chi connectivity index (χ4n) is 2.93. The minimum atomic E-state index is 0.188. The number of hydrogen-bond acceptors (Lipinski definition) is 3. The first-order chi connectivity index (χ1) is 10.2. The number of para-hydroxylation sites is 1. The van der Waals surface area contributed by atoms with E-state index in [1.54, 1.807) is 0 Å². The summed E-state index contributed by atoms with van der Waals surface area (Å²) in [5, 5.41) is 12.7. The highest BCUT2D eigenvalue weighted by Crippen LogP contribution is 2.24. The average molecular weight is 286 g/mol. The Morgan fingerprint density at radius 2 is 2.19 bits per heavy atom. The highest BCUT2D eigenvalue weighted by molar-refractivity contribution is 5.31. The molecule has 1 fully saturated rings. The largest absolute Gasteiger partial charge is 0.489 e. The molecule has 3 heteroatoms. The zero-order valence-corrected chi connectivity index (χ0v) is 13.1. The van der Waals surface area contributed by atoms with Crippen molar-refractivity contribution < 1.29 is 4.74 Å². The molecule has 21 heavy (non-hydrogen) atoms. The van der Waals surface area contributed by atoms with Gasteiger partial charge >= 0.3 is 0 Å². The topological polar surface area (TPSA) is 45.0 Å². The Balaban J connectivity index is 1.83. The van der Waals surface area contributed by atoms with Gasteiger partial charge in [-0.2, -0.15) is 5.26 Å². The summed E-state index contributed by atoms with van der Waals surface area (Å²) in [6.45, 7) is 5.09. The van der Waals surface area contributed by atoms with Gasteiger partial charge in [-0.1, -0.05) is 31.5 Å². The predicted molar refractivity (Wildman–Crippen MR) is 85.2 cm³/mol. The molecule has 0 spiro atoms. The van der Waals surface area contributed by atoms with E-state index in [1.807, 2.05) is 18.2 Å². The zero-order valence-electron chi connectivity index (χ0n) is 13.1. The van der Waals surface area contributed by atoms with Crippen LogP contribution in [0.15, 0.2) is 24.3 Å². The molecule has 0 saturated heterocycles. The highest BCUT2D eigenvalue weighted by Gasteiger charge is 2.22. The standard InChI is InChI=1S/C18H26N2O/c1-3-17(21-18-10-5-4-7-14(18)2)13-20-16-9-6-8-15(11-16)12-19/h4-5,7,10,15-17,20H,3,6,8-9,11,13H2,1-2H3/t15-,16+,17+/m0/s1. The summed E-state index contributed by atoms with van der Waals surface area (Å²) >= 11 is 0. The molecule has 1 aromatic carbocycles. The predicted octanol–water partition coefficient (Wildman–Crippen LogP) is 3.82. The van der Waals surface area contributed by atoms with Gasteiger partial charge in [0.15, 0.2) is 0 Å². The smallest absolute Gasteiger partial charge is 0.122 e. The van der Waals surface area contributed by atoms with Gasteiger partial charge in [0.05, 0.1) is 6.07 Å². The molecule has 0 unspecified atom stereocenters. The summed E-state index contributed by atoms with van der Waals surface area (Å²) < 4.78 is 6.11. The van der Waals surface area contributed by atoms with E-state index in [2.05, 4.69) is 31.3 Å². The van der Waals surface area contributed by atoms with Gasteiger partial charge in [0, 0.05) is 18.5 Å². The number of rotatable bonds is 6. The number of nitrogens with zero attached hydrogens (tertiary/aromatic N) is 1. The second-order valence-electron chi connectivity index (χ2n) is 6.01. The normalized spacial score (nSPS) is 23.3. The van der Waals surface area contributed by atoms with Crippen molar-refractivity contribution in [1.82, 2.24) is 5.32 Å². The van der Waals surface area contributed by atoms with Crippen molar-refractivity contribution in [2.45, 2.75) is 58.1 Å². The van der Waals surface area contributed by atoms with E-state index in [0.717, 1.165) is 38.0 Å². The van der Waals surface area contributed by atoms with E-state index in [-0.39, 0.29) is 12.0 Å². The monoisotopic (exact) mass is 286 g/mol. The summed E-state index contributed by atoms with van der Waals surface area (Å²) in [5.74, 6) is 1.21. The fourth-order valence-corrected chi connectivity index (χ4v) is 2.93. The number of nitrogens with one attached hydrogen (secondary N) is 1. The summed E-state index contributed by atoms with van der Waals surface area (Å²) in [6.07, 6.45) is 5.55. The second kappa shape index (κ2) is 8.05. The number of benzene rings is 1. The Hall–Kier alpha value is -1.53. The van der Waals surface area contributed by atoms with Crippen molar-refractivity contribution in [3.05, 3.63) is 29.8 Å². The Bertz CT molecular complexity index is 480. The van der Waals surface area contributed by atoms with Crippen LogP contribution in [0.25, 0.3) is 0 Å². The minimum absolute atomic E-state index is 0.188. The lowest BCUT2D eigenvalue weighted by Gasteiger charge is -2.28. The van der Waals surface area contributed by atoms with Crippen LogP contribution in [0, 0.1) is 24.2 Å². The van der Waals surface area contributed by atoms with Gasteiger partial charge in [-0.15, -0.1) is 0 Å². The third-order valence-electron chi connectivity index (χ3n) is 4.33. The Morgan fingerprint density at radius 1 is 1.38 bits per heavy atom. The second-order valence-corrected chi connectivity index (χ2v) is 6.01. The number of nitriles is 1. The fraction of sp³-hybridized carbons (Fsp3) is 0.611. The quantitative estimate of drug-likeness (QED) is 0.864. The molecule has 3 nitrogen and oxygen atoms in total. The van der Waals surface area contributed by atoms with Crippen LogP contribution in [0.1, 0.15) is 44.6 Å². The molecule has 114 valence electrons. The van der Waals surface area contributed by atoms with Gasteiger partial charge in [-0.05, 0) is 44.2 Å². The van der Waals surface area contributed by atoms with Gasteiger partial charge in [0.2, 0.25) is 0 Å². The first kappa shape index (κ1) is 15.9. The molecule has 0 aromatic heterocycles. The summed E-state index contributed by atoms with van der Waals surface area (Å²) in [6, 6.07) is 11.0. The lowest BCUT2D eigenvalue weighted by atomic mass is 9.86. The molecule has 1 aliphatic carbocycles. The third kappa shape index (κ3) is 4.75. The number of ether oxygens (including phenoxy) is 1. The third-order valence-corrected chi connectivity index (χ3v) is 4.33. The molecule has 1 N–H and O–H groups in total. The van der Waals surface area contributed by atoms with Crippen LogP contribution >= 0.6 is 0 Å². The van der Waals surface area contributed by atoms with Crippen LogP contribution in [0.2, 0.25) is 0 Å². The lowest BCUT2D eigenvalue weighted by Crippen LogP contribution is -2.40. The van der Waals surface area contributed by atoms with Crippen LogP contribution in [0.4, 0.5) is 0 Å². The van der Waals surface area contributed by atoms with Crippen molar-refractivity contribution in [2.24, 2.45) is 5.92 Å². The van der Waals surface area contributed by atoms with Crippen LogP contribution in [-0.4, -0.2) is 18.7 Å². The van der Waals surface area contributed by atoms with E-state index in [0.29, 0.717) is 6.04 Å². The van der Waals surface area contributed by atoms with Crippen molar-refractivity contribution in [2.75, 3.05) is 6.54 Å². The van der Waals surface area contributed by atoms with Crippen LogP contribution in [-0.2, 0) is 0 Å². The van der Waals surface area contributed by atoms with Gasteiger partial charge in [-0.3, -0.25) is 0 Å². The molecule has 0 heterocycles. The molecule has 0 bridgehead atoms. The summed E-state index contributed by atoms with van der Waals surface area (Å²) in [5.41, 5.74) is 1.18. The first-order valence-corrected chi connectivity index (χ1v) is 8.08. The summed E-state index contributed by atoms with van der Waals surface area (Å²) in [7, 11) is 0. The molecule has 2 rings (SSSR count). The molecule has 1 aromatic rings. The molecule has 0 amide bonds. The van der Waals surface area contributed by atoms with Crippen molar-refractivity contribution in [3.8, 4) is 11.8 Å². The number of hydrogen-bond donors (Lipinski definition) is 1. The van der Waals surface area contributed by atoms with Gasteiger partial charge in [-0.25, -0.2) is 0 Å². The van der Waals surface area contributed by atoms with Crippen LogP contribution < -0.4 is 10.1 Å². The molecule has 1 aliphatic rings. The molecular formula is C18H26N2O. The van der Waals surface area contributed by atoms with E-state index in [4.69, 9.17) is 10.00 Å². The maximum absolute atomic E-state index is 9.06. The van der Waals surface area contributed by atoms with Crippen molar-refractivity contribution in [1.29, 1.82) is 5.26 Å². The van der Waals surface area contributed by atoms with Gasteiger partial charge in [0.1, 0.15) is 11.9 Å². The molecule has 3 atom stereocenters. The van der Waals surface area contributed by atoms with Crippen LogP contribution in [0.3, 0.4) is 0 Å². The molecule has 0 radical (unpaired) electrons. The molecular weight excluding hydrogens is 260 g/mol. The van der Waals surface area contributed by atoms with E-state index < -0.39 is 0 Å². The first-order valence-electron chi connectivity index (χ1n) is 8.08. The zero-order chi connectivity index (χ0) is 15.1. The maximum Gasteiger partial charge on any atom is 0.122 e. The Morgan fingerprint density at radius 3 is 2.90 bits per heavy atom. The van der Waals surface area contributed by atoms with E-state index in [9.17, 15) is 0 Å². The SMILES string of the molecule is CC[C@H](CN[C@@H]1CCC[C@H](C#N)C1)Oc1ccccc1C. The molecule has 1 saturated carbocycles. The van der Waals surface area contributed by atoms with E-state index in [1.165, 1.54) is 12.0 Å². The number of aryl methyl sites for hydroxylation is 1. The Labute approximate surface area is 128 Å². The minimum Gasteiger partial charge on any atom is -0.489 e. The van der Waals surface area contributed by atoms with Crippen LogP contribution in [0.5, 0.6) is 5.75 Å². The maximum atomic E-state index is 9.06. The van der Waals surface area contributed by atoms with Gasteiger partial charge in [0.25, 0.3) is 0 Å². The molecule has 0 aliphatic heterocycles. The van der Waals surface area contributed by atoms with E-state index >= 15 is 0 Å². The van der Waals surface area contributed by atoms with Gasteiger partial charge < -0.3 is 10.1 Å². The lowest BCUT2D eigenvalue weighted by molar-refractivity contribution is 0.180. The average Bonchev–Trinajstić information content (AvgIpc) is 2.53. The van der Waals surface area contributed by atoms with Crippen molar-refractivity contribution in [3.63, 3.8) is 0 Å². The Kier molecular flexibility index (Phi) is 6.07. The summed E-state index contributed by atoms with van der Waals surface area (Å²) in [4.78, 5) is 0. The highest BCUT2D eigenvalue weighted by atomic mass is 16.5.